The van der Waals surface area contributed by atoms with Crippen LogP contribution in [0.2, 0.25) is 0 Å². The van der Waals surface area contributed by atoms with Crippen molar-refractivity contribution in [3.63, 3.8) is 0 Å². The molecule has 1 heterocycles. The number of anilines is 2. The summed E-state index contributed by atoms with van der Waals surface area (Å²) >= 11 is 1.92. The molecule has 2 rings (SSSR count). The zero-order valence-electron chi connectivity index (χ0n) is 12.0. The minimum Gasteiger partial charge on any atom is -0.399 e. The van der Waals surface area contributed by atoms with E-state index in [0.717, 1.165) is 24.5 Å². The van der Waals surface area contributed by atoms with Crippen molar-refractivity contribution < 1.29 is 8.42 Å². The topological polar surface area (TPSA) is 89.4 Å². The van der Waals surface area contributed by atoms with E-state index in [1.165, 1.54) is 6.07 Å². The quantitative estimate of drug-likeness (QED) is 0.808. The van der Waals surface area contributed by atoms with E-state index in [1.807, 2.05) is 17.8 Å². The minimum atomic E-state index is -3.76. The van der Waals surface area contributed by atoms with Gasteiger partial charge in [0.2, 0.25) is 10.0 Å². The van der Waals surface area contributed by atoms with Crippen LogP contribution in [0.4, 0.5) is 11.4 Å². The molecule has 0 aliphatic carbocycles. The van der Waals surface area contributed by atoms with E-state index >= 15 is 0 Å². The molecule has 1 aromatic rings. The Bertz CT molecular complexity index is 627. The molecule has 1 aliphatic rings. The molecule has 0 bridgehead atoms. The highest BCUT2D eigenvalue weighted by molar-refractivity contribution is 8.00. The van der Waals surface area contributed by atoms with Crippen LogP contribution in [0, 0.1) is 6.92 Å². The van der Waals surface area contributed by atoms with E-state index in [-0.39, 0.29) is 9.64 Å². The third-order valence-corrected chi connectivity index (χ3v) is 5.76. The summed E-state index contributed by atoms with van der Waals surface area (Å²) in [5.41, 5.74) is 7.80. The van der Waals surface area contributed by atoms with Crippen LogP contribution in [-0.4, -0.2) is 32.0 Å². The Morgan fingerprint density at radius 2 is 2.00 bits per heavy atom. The van der Waals surface area contributed by atoms with Crippen molar-refractivity contribution in [3.8, 4) is 0 Å². The third-order valence-electron chi connectivity index (χ3n) is 3.43. The molecule has 0 aromatic heterocycles. The van der Waals surface area contributed by atoms with E-state index < -0.39 is 10.0 Å². The predicted molar refractivity (Wildman–Crippen MR) is 85.7 cm³/mol. The summed E-state index contributed by atoms with van der Waals surface area (Å²) in [6.07, 6.45) is 0. The van der Waals surface area contributed by atoms with Gasteiger partial charge in [0, 0.05) is 35.0 Å². The van der Waals surface area contributed by atoms with Gasteiger partial charge in [-0.05, 0) is 38.5 Å². The minimum absolute atomic E-state index is 0.114. The Labute approximate surface area is 124 Å². The van der Waals surface area contributed by atoms with Crippen LogP contribution in [0.25, 0.3) is 0 Å². The highest BCUT2D eigenvalue weighted by Crippen LogP contribution is 2.36. The van der Waals surface area contributed by atoms with Crippen molar-refractivity contribution >= 4 is 33.2 Å². The number of hydrogen-bond donors (Lipinski definition) is 2. The maximum absolute atomic E-state index is 11.7. The molecule has 0 saturated carbocycles. The fraction of sp³-hybridized carbons (Fsp3) is 0.538. The molecular weight excluding hydrogens is 294 g/mol. The van der Waals surface area contributed by atoms with Crippen molar-refractivity contribution in [1.82, 2.24) is 0 Å². The normalized spacial score (nSPS) is 19.1. The third kappa shape index (κ3) is 3.21. The van der Waals surface area contributed by atoms with Gasteiger partial charge in [-0.1, -0.05) is 0 Å². The number of nitrogens with two attached hydrogens (primary N) is 2. The van der Waals surface area contributed by atoms with E-state index in [0.29, 0.717) is 11.3 Å². The summed E-state index contributed by atoms with van der Waals surface area (Å²) in [5, 5.41) is 5.27. The standard InChI is InChI=1S/C13H21N3O2S2/c1-9-11(16-4-5-19-13(2,3)8-16)6-10(14)7-12(9)20(15,17)18/h6-7H,4-5,8,14H2,1-3H3,(H2,15,17,18). The molecule has 1 aliphatic heterocycles. The van der Waals surface area contributed by atoms with Crippen molar-refractivity contribution in [2.75, 3.05) is 29.5 Å². The van der Waals surface area contributed by atoms with Crippen LogP contribution >= 0.6 is 11.8 Å². The Morgan fingerprint density at radius 1 is 1.35 bits per heavy atom. The first-order valence-electron chi connectivity index (χ1n) is 6.42. The smallest absolute Gasteiger partial charge is 0.238 e. The average Bonchev–Trinajstić information content (AvgIpc) is 2.29. The summed E-state index contributed by atoms with van der Waals surface area (Å²) in [5.74, 6) is 1.01. The zero-order chi connectivity index (χ0) is 15.1. The number of primary sulfonamides is 1. The van der Waals surface area contributed by atoms with E-state index in [9.17, 15) is 8.42 Å². The molecule has 0 radical (unpaired) electrons. The van der Waals surface area contributed by atoms with E-state index in [2.05, 4.69) is 18.7 Å². The largest absolute Gasteiger partial charge is 0.399 e. The van der Waals surface area contributed by atoms with Gasteiger partial charge in [-0.25, -0.2) is 13.6 Å². The van der Waals surface area contributed by atoms with E-state index in [4.69, 9.17) is 10.9 Å². The molecule has 0 spiro atoms. The van der Waals surface area contributed by atoms with Crippen molar-refractivity contribution in [2.24, 2.45) is 5.14 Å². The molecule has 0 atom stereocenters. The first-order valence-corrected chi connectivity index (χ1v) is 8.95. The molecule has 1 saturated heterocycles. The average molecular weight is 315 g/mol. The second-order valence-corrected chi connectivity index (χ2v) is 9.07. The molecule has 112 valence electrons. The van der Waals surface area contributed by atoms with Gasteiger partial charge in [-0.15, -0.1) is 0 Å². The molecule has 5 nitrogen and oxygen atoms in total. The molecule has 4 N–H and O–H groups in total. The van der Waals surface area contributed by atoms with Crippen LogP contribution in [0.1, 0.15) is 19.4 Å². The first-order chi connectivity index (χ1) is 9.10. The molecule has 1 fully saturated rings. The summed E-state index contributed by atoms with van der Waals surface area (Å²) in [6, 6.07) is 3.26. The van der Waals surface area contributed by atoms with Crippen LogP contribution in [0.5, 0.6) is 0 Å². The van der Waals surface area contributed by atoms with Crippen molar-refractivity contribution in [3.05, 3.63) is 17.7 Å². The Kier molecular flexibility index (Phi) is 3.96. The molecule has 0 unspecified atom stereocenters. The molecule has 0 amide bonds. The molecular formula is C13H21N3O2S2. The summed E-state index contributed by atoms with van der Waals surface area (Å²) in [7, 11) is -3.76. The van der Waals surface area contributed by atoms with Gasteiger partial charge in [0.1, 0.15) is 0 Å². The SMILES string of the molecule is Cc1c(N2CCSC(C)(C)C2)cc(N)cc1S(N)(=O)=O. The second-order valence-electron chi connectivity index (χ2n) is 5.74. The second kappa shape index (κ2) is 5.13. The van der Waals surface area contributed by atoms with Gasteiger partial charge in [0.25, 0.3) is 0 Å². The van der Waals surface area contributed by atoms with E-state index in [1.54, 1.807) is 6.92 Å². The highest BCUT2D eigenvalue weighted by Gasteiger charge is 2.29. The summed E-state index contributed by atoms with van der Waals surface area (Å²) < 4.78 is 23.5. The van der Waals surface area contributed by atoms with Crippen LogP contribution in [0.15, 0.2) is 17.0 Å². The van der Waals surface area contributed by atoms with Crippen LogP contribution in [-0.2, 0) is 10.0 Å². The summed E-state index contributed by atoms with van der Waals surface area (Å²) in [6.45, 7) is 7.88. The Morgan fingerprint density at radius 3 is 2.55 bits per heavy atom. The number of nitrogens with zero attached hydrogens (tertiary/aromatic N) is 1. The summed E-state index contributed by atoms with van der Waals surface area (Å²) in [4.78, 5) is 2.31. The predicted octanol–water partition coefficient (Wildman–Crippen LogP) is 1.56. The molecule has 7 heteroatoms. The number of rotatable bonds is 2. The fourth-order valence-electron chi connectivity index (χ4n) is 2.54. The Hall–Kier alpha value is -0.920. The number of nitrogen functional groups attached to an aromatic ring is 1. The lowest BCUT2D eigenvalue weighted by molar-refractivity contribution is 0.597. The van der Waals surface area contributed by atoms with Gasteiger partial charge < -0.3 is 10.6 Å². The molecule has 20 heavy (non-hydrogen) atoms. The number of benzene rings is 1. The lowest BCUT2D eigenvalue weighted by Gasteiger charge is -2.39. The number of hydrogen-bond acceptors (Lipinski definition) is 5. The lowest BCUT2D eigenvalue weighted by atomic mass is 10.1. The van der Waals surface area contributed by atoms with Gasteiger partial charge in [-0.2, -0.15) is 11.8 Å². The monoisotopic (exact) mass is 315 g/mol. The maximum atomic E-state index is 11.7. The first kappa shape index (κ1) is 15.5. The Balaban J connectivity index is 2.50. The number of sulfonamides is 1. The lowest BCUT2D eigenvalue weighted by Crippen LogP contribution is -2.43. The van der Waals surface area contributed by atoms with Gasteiger partial charge in [-0.3, -0.25) is 0 Å². The van der Waals surface area contributed by atoms with Gasteiger partial charge in [0.15, 0.2) is 0 Å². The maximum Gasteiger partial charge on any atom is 0.238 e. The van der Waals surface area contributed by atoms with Gasteiger partial charge in [0.05, 0.1) is 4.90 Å². The molecule has 1 aromatic carbocycles. The van der Waals surface area contributed by atoms with Crippen molar-refractivity contribution in [1.29, 1.82) is 0 Å². The van der Waals surface area contributed by atoms with Crippen LogP contribution in [0.3, 0.4) is 0 Å². The van der Waals surface area contributed by atoms with Crippen molar-refractivity contribution in [2.45, 2.75) is 30.4 Å². The number of thioether (sulfide) groups is 1. The van der Waals surface area contributed by atoms with Gasteiger partial charge >= 0.3 is 0 Å². The fourth-order valence-corrected chi connectivity index (χ4v) is 4.48. The highest BCUT2D eigenvalue weighted by atomic mass is 32.2. The van der Waals surface area contributed by atoms with Crippen LogP contribution < -0.4 is 15.8 Å². The zero-order valence-corrected chi connectivity index (χ0v) is 13.6.